The zero-order valence-electron chi connectivity index (χ0n) is 18.7. The normalized spacial score (nSPS) is 16.1. The summed E-state index contributed by atoms with van der Waals surface area (Å²) in [6.07, 6.45) is 1.62. The molecule has 1 saturated heterocycles. The van der Waals surface area contributed by atoms with E-state index in [1.807, 2.05) is 30.3 Å². The van der Waals surface area contributed by atoms with Gasteiger partial charge in [-0.25, -0.2) is 22.7 Å². The van der Waals surface area contributed by atoms with E-state index in [0.29, 0.717) is 23.1 Å². The first-order valence-corrected chi connectivity index (χ1v) is 12.7. The van der Waals surface area contributed by atoms with Crippen molar-refractivity contribution >= 4 is 37.7 Å². The number of benzene rings is 3. The molecule has 8 nitrogen and oxygen atoms in total. The summed E-state index contributed by atoms with van der Waals surface area (Å²) in [4.78, 5) is 24.8. The third-order valence-electron chi connectivity index (χ3n) is 6.00. The van der Waals surface area contributed by atoms with Gasteiger partial charge in [0.1, 0.15) is 12.2 Å². The summed E-state index contributed by atoms with van der Waals surface area (Å²) in [5.74, 6) is -0.636. The molecule has 180 valence electrons. The van der Waals surface area contributed by atoms with Crippen LogP contribution in [0.2, 0.25) is 0 Å². The minimum Gasteiger partial charge on any atom is -0.457 e. The summed E-state index contributed by atoms with van der Waals surface area (Å²) in [6.45, 7) is 0.709. The SMILES string of the molecule is O=C(OCc1cc(=O)oc2ccc3ccccc3c12)c1ccc(S(=O)(=O)NCC2CCCO2)cc1. The van der Waals surface area contributed by atoms with E-state index < -0.39 is 21.6 Å². The van der Waals surface area contributed by atoms with Crippen LogP contribution in [-0.4, -0.2) is 33.6 Å². The highest BCUT2D eigenvalue weighted by atomic mass is 32.2. The summed E-state index contributed by atoms with van der Waals surface area (Å²) >= 11 is 0. The van der Waals surface area contributed by atoms with Crippen molar-refractivity contribution in [3.63, 3.8) is 0 Å². The molecule has 0 amide bonds. The molecule has 0 radical (unpaired) electrons. The van der Waals surface area contributed by atoms with Crippen LogP contribution in [0.3, 0.4) is 0 Å². The molecule has 4 aromatic rings. The van der Waals surface area contributed by atoms with Crippen molar-refractivity contribution in [1.82, 2.24) is 4.72 Å². The van der Waals surface area contributed by atoms with Gasteiger partial charge in [-0.05, 0) is 53.9 Å². The molecule has 3 aromatic carbocycles. The van der Waals surface area contributed by atoms with Crippen molar-refractivity contribution in [2.75, 3.05) is 13.2 Å². The molecule has 35 heavy (non-hydrogen) atoms. The van der Waals surface area contributed by atoms with Crippen molar-refractivity contribution < 1.29 is 27.1 Å². The Morgan fingerprint density at radius 1 is 1.06 bits per heavy atom. The summed E-state index contributed by atoms with van der Waals surface area (Å²) in [6, 6.07) is 18.1. The predicted molar refractivity (Wildman–Crippen MR) is 130 cm³/mol. The van der Waals surface area contributed by atoms with Crippen molar-refractivity contribution in [1.29, 1.82) is 0 Å². The van der Waals surface area contributed by atoms with Crippen molar-refractivity contribution in [3.05, 3.63) is 88.3 Å². The monoisotopic (exact) mass is 493 g/mol. The lowest BCUT2D eigenvalue weighted by molar-refractivity contribution is 0.0473. The summed E-state index contributed by atoms with van der Waals surface area (Å²) in [7, 11) is -3.72. The van der Waals surface area contributed by atoms with Crippen LogP contribution in [0.1, 0.15) is 28.8 Å². The highest BCUT2D eigenvalue weighted by molar-refractivity contribution is 7.89. The zero-order valence-corrected chi connectivity index (χ0v) is 19.5. The minimum absolute atomic E-state index is 0.0465. The number of esters is 1. The number of carbonyl (C=O) groups excluding carboxylic acids is 1. The zero-order chi connectivity index (χ0) is 24.4. The molecule has 0 aliphatic carbocycles. The van der Waals surface area contributed by atoms with Crippen LogP contribution in [0.15, 0.2) is 80.8 Å². The second-order valence-electron chi connectivity index (χ2n) is 8.34. The number of ether oxygens (including phenoxy) is 2. The number of nitrogens with one attached hydrogen (secondary N) is 1. The van der Waals surface area contributed by atoms with Crippen molar-refractivity contribution in [3.8, 4) is 0 Å². The fraction of sp³-hybridized carbons (Fsp3) is 0.231. The van der Waals surface area contributed by atoms with E-state index in [9.17, 15) is 18.0 Å². The number of carbonyl (C=O) groups is 1. The average Bonchev–Trinajstić information content (AvgIpc) is 3.39. The average molecular weight is 494 g/mol. The molecule has 1 N–H and O–H groups in total. The molecular formula is C26H23NO7S. The van der Waals surface area contributed by atoms with Crippen LogP contribution >= 0.6 is 0 Å². The first-order valence-electron chi connectivity index (χ1n) is 11.2. The highest BCUT2D eigenvalue weighted by Gasteiger charge is 2.21. The van der Waals surface area contributed by atoms with Crippen LogP contribution in [-0.2, 0) is 26.1 Å². The van der Waals surface area contributed by atoms with E-state index in [1.54, 1.807) is 6.07 Å². The Labute approximate surface area is 201 Å². The van der Waals surface area contributed by atoms with Gasteiger partial charge in [0.2, 0.25) is 10.0 Å². The van der Waals surface area contributed by atoms with E-state index in [-0.39, 0.29) is 29.7 Å². The lowest BCUT2D eigenvalue weighted by atomic mass is 10.0. The van der Waals surface area contributed by atoms with Gasteiger partial charge in [-0.15, -0.1) is 0 Å². The third kappa shape index (κ3) is 4.97. The summed E-state index contributed by atoms with van der Waals surface area (Å²) in [5, 5.41) is 2.55. The molecule has 0 saturated carbocycles. The maximum absolute atomic E-state index is 12.7. The largest absolute Gasteiger partial charge is 0.457 e. The van der Waals surface area contributed by atoms with Gasteiger partial charge in [0.15, 0.2) is 0 Å². The number of sulfonamides is 1. The first kappa shape index (κ1) is 23.2. The first-order chi connectivity index (χ1) is 16.9. The van der Waals surface area contributed by atoms with Crippen LogP contribution in [0, 0.1) is 0 Å². The molecule has 2 heterocycles. The summed E-state index contributed by atoms with van der Waals surface area (Å²) in [5.41, 5.74) is 0.593. The molecular weight excluding hydrogens is 470 g/mol. The Bertz CT molecular complexity index is 1550. The van der Waals surface area contributed by atoms with Crippen molar-refractivity contribution in [2.24, 2.45) is 0 Å². The fourth-order valence-corrected chi connectivity index (χ4v) is 5.29. The van der Waals surface area contributed by atoms with E-state index >= 15 is 0 Å². The maximum Gasteiger partial charge on any atom is 0.338 e. The molecule has 1 unspecified atom stereocenters. The fourth-order valence-electron chi connectivity index (χ4n) is 4.22. The Morgan fingerprint density at radius 3 is 2.63 bits per heavy atom. The van der Waals surface area contributed by atoms with Crippen LogP contribution in [0.5, 0.6) is 0 Å². The molecule has 1 aliphatic heterocycles. The Hall–Kier alpha value is -3.53. The molecule has 9 heteroatoms. The lowest BCUT2D eigenvalue weighted by Crippen LogP contribution is -2.31. The van der Waals surface area contributed by atoms with Gasteiger partial charge in [-0.1, -0.05) is 30.3 Å². The van der Waals surface area contributed by atoms with Crippen LogP contribution < -0.4 is 10.3 Å². The Morgan fingerprint density at radius 2 is 1.86 bits per heavy atom. The van der Waals surface area contributed by atoms with Gasteiger partial charge in [0, 0.05) is 30.2 Å². The van der Waals surface area contributed by atoms with E-state index in [1.165, 1.54) is 30.3 Å². The topological polar surface area (TPSA) is 112 Å². The molecule has 1 aromatic heterocycles. The van der Waals surface area contributed by atoms with Gasteiger partial charge >= 0.3 is 11.6 Å². The number of fused-ring (bicyclic) bond motifs is 3. The van der Waals surface area contributed by atoms with Gasteiger partial charge in [0.25, 0.3) is 0 Å². The van der Waals surface area contributed by atoms with Crippen LogP contribution in [0.4, 0.5) is 0 Å². The quantitative estimate of drug-likeness (QED) is 0.237. The molecule has 0 bridgehead atoms. The molecule has 5 rings (SSSR count). The lowest BCUT2D eigenvalue weighted by Gasteiger charge is -2.12. The number of hydrogen-bond donors (Lipinski definition) is 1. The van der Waals surface area contributed by atoms with Gasteiger partial charge in [-0.3, -0.25) is 0 Å². The molecule has 1 aliphatic rings. The molecule has 0 spiro atoms. The van der Waals surface area contributed by atoms with E-state index in [2.05, 4.69) is 4.72 Å². The highest BCUT2D eigenvalue weighted by Crippen LogP contribution is 2.28. The van der Waals surface area contributed by atoms with E-state index in [4.69, 9.17) is 13.9 Å². The number of rotatable bonds is 7. The second-order valence-corrected chi connectivity index (χ2v) is 10.1. The van der Waals surface area contributed by atoms with Gasteiger partial charge in [-0.2, -0.15) is 0 Å². The van der Waals surface area contributed by atoms with Gasteiger partial charge in [0.05, 0.1) is 16.6 Å². The Kier molecular flexibility index (Phi) is 6.38. The van der Waals surface area contributed by atoms with Gasteiger partial charge < -0.3 is 13.9 Å². The minimum atomic E-state index is -3.72. The predicted octanol–water partition coefficient (Wildman–Crippen LogP) is 3.76. The summed E-state index contributed by atoms with van der Waals surface area (Å²) < 4.78 is 43.8. The molecule has 1 atom stereocenters. The number of hydrogen-bond acceptors (Lipinski definition) is 7. The maximum atomic E-state index is 12.7. The standard InChI is InChI=1S/C26H23NO7S/c28-24-14-19(25-22-6-2-1-4-17(22)9-12-23(25)34-24)16-33-26(29)18-7-10-21(11-8-18)35(30,31)27-15-20-5-3-13-32-20/h1-2,4,6-12,14,20,27H,3,5,13,15-16H2. The third-order valence-corrected chi connectivity index (χ3v) is 7.44. The molecule has 1 fully saturated rings. The smallest absolute Gasteiger partial charge is 0.338 e. The van der Waals surface area contributed by atoms with Crippen LogP contribution in [0.25, 0.3) is 21.7 Å². The second kappa shape index (κ2) is 9.61. The van der Waals surface area contributed by atoms with Crippen molar-refractivity contribution in [2.45, 2.75) is 30.4 Å². The Balaban J connectivity index is 1.32. The van der Waals surface area contributed by atoms with E-state index in [0.717, 1.165) is 23.6 Å².